The maximum absolute atomic E-state index is 12.5. The van der Waals surface area contributed by atoms with Gasteiger partial charge < -0.3 is 10.2 Å². The molecule has 4 heteroatoms. The van der Waals surface area contributed by atoms with Crippen molar-refractivity contribution >= 4 is 17.5 Å². The first kappa shape index (κ1) is 16.0. The van der Waals surface area contributed by atoms with Gasteiger partial charge in [0.2, 0.25) is 11.8 Å². The maximum atomic E-state index is 12.5. The van der Waals surface area contributed by atoms with Gasteiger partial charge in [-0.1, -0.05) is 24.6 Å². The van der Waals surface area contributed by atoms with E-state index in [2.05, 4.69) is 5.32 Å². The first-order valence-electron chi connectivity index (χ1n) is 8.72. The van der Waals surface area contributed by atoms with Crippen LogP contribution in [-0.2, 0) is 9.59 Å². The highest BCUT2D eigenvalue weighted by atomic mass is 16.2. The second kappa shape index (κ2) is 6.73. The molecular weight excluding hydrogens is 288 g/mol. The lowest BCUT2D eigenvalue weighted by Crippen LogP contribution is -2.45. The van der Waals surface area contributed by atoms with Crippen molar-refractivity contribution in [2.24, 2.45) is 11.8 Å². The first-order chi connectivity index (χ1) is 11.1. The zero-order chi connectivity index (χ0) is 16.4. The van der Waals surface area contributed by atoms with E-state index in [4.69, 9.17) is 0 Å². The molecule has 4 nitrogen and oxygen atoms in total. The molecule has 1 aliphatic carbocycles. The molecule has 0 unspecified atom stereocenters. The van der Waals surface area contributed by atoms with Crippen LogP contribution in [-0.4, -0.2) is 29.8 Å². The van der Waals surface area contributed by atoms with E-state index in [9.17, 15) is 9.59 Å². The molecule has 0 bridgehead atoms. The van der Waals surface area contributed by atoms with E-state index < -0.39 is 0 Å². The number of hydrogen-bond donors (Lipinski definition) is 1. The molecule has 0 atom stereocenters. The predicted molar refractivity (Wildman–Crippen MR) is 91.2 cm³/mol. The minimum absolute atomic E-state index is 0.0134. The summed E-state index contributed by atoms with van der Waals surface area (Å²) in [5, 5.41) is 3.09. The average Bonchev–Trinajstić information content (AvgIpc) is 2.49. The predicted octanol–water partition coefficient (Wildman–Crippen LogP) is 3.28. The van der Waals surface area contributed by atoms with Gasteiger partial charge in [0.1, 0.15) is 0 Å². The smallest absolute Gasteiger partial charge is 0.227 e. The fourth-order valence-electron chi connectivity index (χ4n) is 3.51. The number of piperidine rings is 1. The Morgan fingerprint density at radius 1 is 1.00 bits per heavy atom. The number of nitrogens with one attached hydrogen (secondary N) is 1. The Kier molecular flexibility index (Phi) is 4.69. The van der Waals surface area contributed by atoms with Gasteiger partial charge in [0.25, 0.3) is 0 Å². The lowest BCUT2D eigenvalue weighted by atomic mass is 9.83. The van der Waals surface area contributed by atoms with Gasteiger partial charge >= 0.3 is 0 Å². The van der Waals surface area contributed by atoms with E-state index >= 15 is 0 Å². The molecule has 1 aromatic rings. The molecule has 1 heterocycles. The number of likely N-dealkylation sites (tertiary alicyclic amines) is 1. The zero-order valence-electron chi connectivity index (χ0n) is 14.1. The molecule has 0 aromatic heterocycles. The summed E-state index contributed by atoms with van der Waals surface area (Å²) in [6, 6.07) is 6.04. The second-order valence-electron chi connectivity index (χ2n) is 6.98. The van der Waals surface area contributed by atoms with Crippen LogP contribution in [0.15, 0.2) is 18.2 Å². The van der Waals surface area contributed by atoms with Crippen molar-refractivity contribution < 1.29 is 9.59 Å². The summed E-state index contributed by atoms with van der Waals surface area (Å²) in [7, 11) is 0. The SMILES string of the molecule is Cc1cccc(C)c1NC(=O)C1CCN(C(=O)C2CCC2)CC1. The molecule has 2 aliphatic rings. The topological polar surface area (TPSA) is 49.4 Å². The summed E-state index contributed by atoms with van der Waals surface area (Å²) >= 11 is 0. The van der Waals surface area contributed by atoms with Gasteiger partial charge in [-0.25, -0.2) is 0 Å². The number of anilines is 1. The highest BCUT2D eigenvalue weighted by molar-refractivity contribution is 5.94. The fourth-order valence-corrected chi connectivity index (χ4v) is 3.51. The number of hydrogen-bond acceptors (Lipinski definition) is 2. The number of benzene rings is 1. The molecular formula is C19H26N2O2. The van der Waals surface area contributed by atoms with Crippen molar-refractivity contribution in [2.45, 2.75) is 46.0 Å². The standard InChI is InChI=1S/C19H26N2O2/c1-13-5-3-6-14(2)17(13)20-18(22)15-9-11-21(12-10-15)19(23)16-7-4-8-16/h3,5-6,15-16H,4,7-12H2,1-2H3,(H,20,22). The van der Waals surface area contributed by atoms with Crippen molar-refractivity contribution in [3.8, 4) is 0 Å². The van der Waals surface area contributed by atoms with E-state index in [1.165, 1.54) is 6.42 Å². The number of carbonyl (C=O) groups is 2. The molecule has 2 fully saturated rings. The minimum atomic E-state index is 0.0134. The average molecular weight is 314 g/mol. The number of carbonyl (C=O) groups excluding carboxylic acids is 2. The molecule has 0 radical (unpaired) electrons. The molecule has 1 saturated carbocycles. The zero-order valence-corrected chi connectivity index (χ0v) is 14.1. The maximum Gasteiger partial charge on any atom is 0.227 e. The molecule has 1 aromatic carbocycles. The van der Waals surface area contributed by atoms with Crippen LogP contribution >= 0.6 is 0 Å². The summed E-state index contributed by atoms with van der Waals surface area (Å²) in [6.45, 7) is 5.48. The Balaban J connectivity index is 1.55. The Morgan fingerprint density at radius 3 is 2.13 bits per heavy atom. The van der Waals surface area contributed by atoms with Crippen molar-refractivity contribution in [2.75, 3.05) is 18.4 Å². The molecule has 0 spiro atoms. The first-order valence-corrected chi connectivity index (χ1v) is 8.72. The van der Waals surface area contributed by atoms with Crippen molar-refractivity contribution in [3.63, 3.8) is 0 Å². The molecule has 1 aliphatic heterocycles. The number of nitrogens with zero attached hydrogens (tertiary/aromatic N) is 1. The number of para-hydroxylation sites is 1. The van der Waals surface area contributed by atoms with Gasteiger partial charge in [-0.3, -0.25) is 9.59 Å². The third-order valence-electron chi connectivity index (χ3n) is 5.36. The van der Waals surface area contributed by atoms with Crippen molar-refractivity contribution in [1.82, 2.24) is 4.90 Å². The number of rotatable bonds is 3. The van der Waals surface area contributed by atoms with Gasteiger partial charge in [0.15, 0.2) is 0 Å². The minimum Gasteiger partial charge on any atom is -0.342 e. The molecule has 23 heavy (non-hydrogen) atoms. The van der Waals surface area contributed by atoms with Gasteiger partial charge in [-0.15, -0.1) is 0 Å². The molecule has 124 valence electrons. The summed E-state index contributed by atoms with van der Waals surface area (Å²) in [6.07, 6.45) is 4.83. The lowest BCUT2D eigenvalue weighted by Gasteiger charge is -2.36. The number of aryl methyl sites for hydroxylation is 2. The van der Waals surface area contributed by atoms with Crippen LogP contribution in [0.1, 0.15) is 43.2 Å². The molecule has 3 rings (SSSR count). The summed E-state index contributed by atoms with van der Waals surface area (Å²) in [4.78, 5) is 26.8. The van der Waals surface area contributed by atoms with E-state index in [0.717, 1.165) is 55.6 Å². The normalized spacial score (nSPS) is 19.3. The van der Waals surface area contributed by atoms with Crippen LogP contribution in [0.4, 0.5) is 5.69 Å². The van der Waals surface area contributed by atoms with E-state index in [1.807, 2.05) is 36.9 Å². The van der Waals surface area contributed by atoms with Crippen LogP contribution < -0.4 is 5.32 Å². The van der Waals surface area contributed by atoms with Gasteiger partial charge in [-0.05, 0) is 50.7 Å². The van der Waals surface area contributed by atoms with Crippen LogP contribution in [0.25, 0.3) is 0 Å². The van der Waals surface area contributed by atoms with Crippen molar-refractivity contribution in [3.05, 3.63) is 29.3 Å². The van der Waals surface area contributed by atoms with Crippen molar-refractivity contribution in [1.29, 1.82) is 0 Å². The summed E-state index contributed by atoms with van der Waals surface area (Å²) in [5.74, 6) is 0.678. The lowest BCUT2D eigenvalue weighted by molar-refractivity contribution is -0.140. The van der Waals surface area contributed by atoms with Crippen LogP contribution in [0.5, 0.6) is 0 Å². The Labute approximate surface area is 138 Å². The third kappa shape index (κ3) is 3.41. The number of amides is 2. The van der Waals surface area contributed by atoms with E-state index in [1.54, 1.807) is 0 Å². The van der Waals surface area contributed by atoms with E-state index in [0.29, 0.717) is 5.91 Å². The van der Waals surface area contributed by atoms with E-state index in [-0.39, 0.29) is 17.7 Å². The molecule has 2 amide bonds. The Hall–Kier alpha value is -1.84. The summed E-state index contributed by atoms with van der Waals surface area (Å²) in [5.41, 5.74) is 3.12. The van der Waals surface area contributed by atoms with Gasteiger partial charge in [0.05, 0.1) is 0 Å². The van der Waals surface area contributed by atoms with Gasteiger partial charge in [0, 0.05) is 30.6 Å². The molecule has 1 saturated heterocycles. The quantitative estimate of drug-likeness (QED) is 0.931. The van der Waals surface area contributed by atoms with Crippen LogP contribution in [0.2, 0.25) is 0 Å². The highest BCUT2D eigenvalue weighted by Crippen LogP contribution is 2.30. The highest BCUT2D eigenvalue weighted by Gasteiger charge is 2.33. The Bertz CT molecular complexity index is 579. The van der Waals surface area contributed by atoms with Gasteiger partial charge in [-0.2, -0.15) is 0 Å². The summed E-state index contributed by atoms with van der Waals surface area (Å²) < 4.78 is 0. The van der Waals surface area contributed by atoms with Crippen LogP contribution in [0, 0.1) is 25.7 Å². The Morgan fingerprint density at radius 2 is 1.61 bits per heavy atom. The monoisotopic (exact) mass is 314 g/mol. The largest absolute Gasteiger partial charge is 0.342 e. The van der Waals surface area contributed by atoms with Crippen LogP contribution in [0.3, 0.4) is 0 Å². The second-order valence-corrected chi connectivity index (χ2v) is 6.98. The third-order valence-corrected chi connectivity index (χ3v) is 5.36. The fraction of sp³-hybridized carbons (Fsp3) is 0.579. The molecule has 1 N–H and O–H groups in total.